The molecule has 0 aliphatic heterocycles. The number of hydrogen-bond donors (Lipinski definition) is 1. The molecule has 12 heavy (non-hydrogen) atoms. The average molecular weight is 271 g/mol. The zero-order valence-corrected chi connectivity index (χ0v) is 9.71. The summed E-state index contributed by atoms with van der Waals surface area (Å²) < 4.78 is 0.972. The number of halogens is 3. The van der Waals surface area contributed by atoms with E-state index in [1.807, 2.05) is 25.1 Å². The Morgan fingerprint density at radius 3 is 2.42 bits per heavy atom. The van der Waals surface area contributed by atoms with E-state index in [1.54, 1.807) is 0 Å². The second kappa shape index (κ2) is 5.07. The highest BCUT2D eigenvalue weighted by Crippen LogP contribution is 2.28. The van der Waals surface area contributed by atoms with Gasteiger partial charge in [0.15, 0.2) is 0 Å². The molecule has 0 heterocycles. The lowest BCUT2D eigenvalue weighted by atomic mass is 10.1. The molecule has 1 nitrogen and oxygen atoms in total. The van der Waals surface area contributed by atoms with Crippen LogP contribution in [-0.4, -0.2) is 0 Å². The number of rotatable bonds is 1. The molecule has 0 saturated carbocycles. The van der Waals surface area contributed by atoms with Gasteiger partial charge >= 0.3 is 0 Å². The van der Waals surface area contributed by atoms with Crippen LogP contribution in [0.25, 0.3) is 0 Å². The van der Waals surface area contributed by atoms with Crippen LogP contribution in [0.3, 0.4) is 0 Å². The maximum atomic E-state index is 5.91. The van der Waals surface area contributed by atoms with Crippen molar-refractivity contribution < 1.29 is 0 Å². The maximum absolute atomic E-state index is 5.91. The summed E-state index contributed by atoms with van der Waals surface area (Å²) in [6, 6.07) is 5.63. The van der Waals surface area contributed by atoms with Gasteiger partial charge in [-0.3, -0.25) is 0 Å². The Balaban J connectivity index is 0.00000121. The molecule has 68 valence electrons. The van der Waals surface area contributed by atoms with E-state index in [4.69, 9.17) is 17.3 Å². The van der Waals surface area contributed by atoms with Crippen molar-refractivity contribution in [2.45, 2.75) is 13.0 Å². The van der Waals surface area contributed by atoms with Crippen LogP contribution in [0.4, 0.5) is 0 Å². The molecule has 0 aliphatic carbocycles. The van der Waals surface area contributed by atoms with Gasteiger partial charge in [-0.15, -0.1) is 12.4 Å². The first-order valence-corrected chi connectivity index (χ1v) is 4.49. The fourth-order valence-corrected chi connectivity index (χ4v) is 2.13. The van der Waals surface area contributed by atoms with Gasteiger partial charge in [-0.2, -0.15) is 0 Å². The highest BCUT2D eigenvalue weighted by atomic mass is 79.9. The van der Waals surface area contributed by atoms with Crippen molar-refractivity contribution in [2.24, 2.45) is 5.73 Å². The third kappa shape index (κ3) is 2.63. The number of benzene rings is 1. The molecule has 0 spiro atoms. The van der Waals surface area contributed by atoms with E-state index in [1.165, 1.54) is 0 Å². The molecule has 0 fully saturated rings. The predicted molar refractivity (Wildman–Crippen MR) is 59.0 cm³/mol. The topological polar surface area (TPSA) is 26.0 Å². The zero-order chi connectivity index (χ0) is 8.43. The Labute approximate surface area is 91.8 Å². The van der Waals surface area contributed by atoms with E-state index in [-0.39, 0.29) is 18.4 Å². The van der Waals surface area contributed by atoms with Crippen LogP contribution in [0.2, 0.25) is 5.02 Å². The van der Waals surface area contributed by atoms with Gasteiger partial charge in [-0.1, -0.05) is 33.6 Å². The van der Waals surface area contributed by atoms with Gasteiger partial charge in [0.05, 0.1) is 0 Å². The van der Waals surface area contributed by atoms with Crippen LogP contribution in [0.1, 0.15) is 18.5 Å². The van der Waals surface area contributed by atoms with Gasteiger partial charge in [0, 0.05) is 21.1 Å². The lowest BCUT2D eigenvalue weighted by molar-refractivity contribution is 0.813. The van der Waals surface area contributed by atoms with Crippen LogP contribution in [0, 0.1) is 0 Å². The Morgan fingerprint density at radius 2 is 2.08 bits per heavy atom. The Hall–Kier alpha value is 0.240. The Bertz CT molecular complexity index is 243. The quantitative estimate of drug-likeness (QED) is 0.830. The first-order chi connectivity index (χ1) is 5.13. The molecular weight excluding hydrogens is 261 g/mol. The van der Waals surface area contributed by atoms with Crippen LogP contribution < -0.4 is 5.73 Å². The smallest absolute Gasteiger partial charge is 0.0464 e. The largest absolute Gasteiger partial charge is 0.324 e. The first-order valence-electron chi connectivity index (χ1n) is 3.32. The van der Waals surface area contributed by atoms with E-state index in [9.17, 15) is 0 Å². The highest BCUT2D eigenvalue weighted by molar-refractivity contribution is 9.10. The number of hydrogen-bond acceptors (Lipinski definition) is 1. The minimum atomic E-state index is -0.0296. The summed E-state index contributed by atoms with van der Waals surface area (Å²) in [7, 11) is 0. The molecule has 1 aromatic carbocycles. The summed E-state index contributed by atoms with van der Waals surface area (Å²) in [4.78, 5) is 0. The third-order valence-corrected chi connectivity index (χ3v) is 2.48. The van der Waals surface area contributed by atoms with Gasteiger partial charge < -0.3 is 5.73 Å². The van der Waals surface area contributed by atoms with Crippen LogP contribution >= 0.6 is 39.9 Å². The molecule has 0 unspecified atom stereocenters. The van der Waals surface area contributed by atoms with Crippen molar-refractivity contribution in [2.75, 3.05) is 0 Å². The lowest BCUT2D eigenvalue weighted by Crippen LogP contribution is -2.06. The fraction of sp³-hybridized carbons (Fsp3) is 0.250. The van der Waals surface area contributed by atoms with Crippen LogP contribution in [0.15, 0.2) is 22.7 Å². The summed E-state index contributed by atoms with van der Waals surface area (Å²) >= 11 is 9.30. The van der Waals surface area contributed by atoms with Crippen LogP contribution in [0.5, 0.6) is 0 Å². The monoisotopic (exact) mass is 269 g/mol. The van der Waals surface area contributed by atoms with E-state index < -0.39 is 0 Å². The van der Waals surface area contributed by atoms with Crippen molar-refractivity contribution in [3.05, 3.63) is 33.3 Å². The summed E-state index contributed by atoms with van der Waals surface area (Å²) in [6.07, 6.45) is 0. The van der Waals surface area contributed by atoms with E-state index >= 15 is 0 Å². The van der Waals surface area contributed by atoms with Crippen LogP contribution in [-0.2, 0) is 0 Å². The maximum Gasteiger partial charge on any atom is 0.0464 e. The normalized spacial score (nSPS) is 12.0. The lowest BCUT2D eigenvalue weighted by Gasteiger charge is -2.09. The number of nitrogens with two attached hydrogens (primary N) is 1. The minimum absolute atomic E-state index is 0. The highest BCUT2D eigenvalue weighted by Gasteiger charge is 2.07. The van der Waals surface area contributed by atoms with Crippen molar-refractivity contribution in [1.29, 1.82) is 0 Å². The van der Waals surface area contributed by atoms with Crippen molar-refractivity contribution in [3.63, 3.8) is 0 Å². The summed E-state index contributed by atoms with van der Waals surface area (Å²) in [6.45, 7) is 1.91. The van der Waals surface area contributed by atoms with Crippen molar-refractivity contribution >= 4 is 39.9 Å². The molecule has 0 bridgehead atoms. The molecule has 1 rings (SSSR count). The molecule has 1 aromatic rings. The average Bonchev–Trinajstić information content (AvgIpc) is 1.85. The van der Waals surface area contributed by atoms with Gasteiger partial charge in [-0.05, 0) is 19.1 Å². The molecule has 0 aromatic heterocycles. The molecule has 0 amide bonds. The van der Waals surface area contributed by atoms with Gasteiger partial charge in [0.2, 0.25) is 0 Å². The summed E-state index contributed by atoms with van der Waals surface area (Å²) in [5.74, 6) is 0. The molecule has 0 radical (unpaired) electrons. The summed E-state index contributed by atoms with van der Waals surface area (Å²) in [5.41, 5.74) is 6.67. The minimum Gasteiger partial charge on any atom is -0.324 e. The molecule has 1 atom stereocenters. The molecule has 2 N–H and O–H groups in total. The second-order valence-electron chi connectivity index (χ2n) is 2.42. The Kier molecular flexibility index (Phi) is 5.18. The fourth-order valence-electron chi connectivity index (χ4n) is 0.946. The molecule has 0 saturated heterocycles. The standard InChI is InChI=1S/C8H9BrClN.ClH/c1-5(11)8-6(9)3-2-4-7(8)10;/h2-5H,11H2,1H3;1H/t5-;/m1./s1. The van der Waals surface area contributed by atoms with Crippen molar-refractivity contribution in [3.8, 4) is 0 Å². The van der Waals surface area contributed by atoms with Crippen molar-refractivity contribution in [1.82, 2.24) is 0 Å². The zero-order valence-electron chi connectivity index (χ0n) is 6.55. The van der Waals surface area contributed by atoms with E-state index in [0.717, 1.165) is 15.1 Å². The van der Waals surface area contributed by atoms with Gasteiger partial charge in [0.25, 0.3) is 0 Å². The third-order valence-electron chi connectivity index (χ3n) is 1.46. The molecule has 4 heteroatoms. The Morgan fingerprint density at radius 1 is 1.50 bits per heavy atom. The van der Waals surface area contributed by atoms with Gasteiger partial charge in [-0.25, -0.2) is 0 Å². The van der Waals surface area contributed by atoms with E-state index in [0.29, 0.717) is 0 Å². The summed E-state index contributed by atoms with van der Waals surface area (Å²) in [5, 5.41) is 0.717. The molecular formula is C8H10BrCl2N. The SMILES string of the molecule is C[C@@H](N)c1c(Cl)cccc1Br.Cl. The first kappa shape index (κ1) is 12.2. The molecule has 0 aliphatic rings. The second-order valence-corrected chi connectivity index (χ2v) is 3.69. The van der Waals surface area contributed by atoms with Gasteiger partial charge in [0.1, 0.15) is 0 Å². The predicted octanol–water partition coefficient (Wildman–Crippen LogP) is 3.54. The van der Waals surface area contributed by atoms with E-state index in [2.05, 4.69) is 15.9 Å².